The first kappa shape index (κ1) is 15.4. The summed E-state index contributed by atoms with van der Waals surface area (Å²) in [5.74, 6) is 0.0723. The van der Waals surface area contributed by atoms with E-state index in [1.807, 2.05) is 6.07 Å². The molecule has 4 atom stereocenters. The number of nitrogens with one attached hydrogen (secondary N) is 2. The van der Waals surface area contributed by atoms with Crippen LogP contribution < -0.4 is 10.6 Å². The molecule has 1 aromatic carbocycles. The zero-order valence-corrected chi connectivity index (χ0v) is 13.7. The van der Waals surface area contributed by atoms with Crippen LogP contribution in [0.15, 0.2) is 12.1 Å². The van der Waals surface area contributed by atoms with Gasteiger partial charge in [0, 0.05) is 23.0 Å². The molecular weight excluding hydrogens is 307 g/mol. The Kier molecular flexibility index (Phi) is 4.65. The Hall–Kier alpha value is -0.480. The molecule has 3 nitrogen and oxygen atoms in total. The molecule has 3 N–H and O–H groups in total. The normalized spacial score (nSPS) is 30.4. The second-order valence-electron chi connectivity index (χ2n) is 6.29. The van der Waals surface area contributed by atoms with E-state index < -0.39 is 6.10 Å². The van der Waals surface area contributed by atoms with Crippen LogP contribution in [-0.4, -0.2) is 29.8 Å². The Balaban J connectivity index is 1.92. The van der Waals surface area contributed by atoms with Crippen molar-refractivity contribution >= 4 is 28.9 Å². The first-order valence-corrected chi connectivity index (χ1v) is 8.49. The highest BCUT2D eigenvalue weighted by atomic mass is 35.5. The molecule has 0 amide bonds. The van der Waals surface area contributed by atoms with Crippen LogP contribution in [0.1, 0.15) is 44.1 Å². The summed E-state index contributed by atoms with van der Waals surface area (Å²) < 4.78 is 0. The highest BCUT2D eigenvalue weighted by Gasteiger charge is 2.35. The minimum atomic E-state index is -0.400. The SMILES string of the molecule is CC1CC(C(O)C2CCCCN2)c2cc(Cl)cc(Cl)c2N1. The quantitative estimate of drug-likeness (QED) is 0.774. The number of aliphatic hydroxyl groups is 1. The van der Waals surface area contributed by atoms with Gasteiger partial charge in [-0.15, -0.1) is 0 Å². The Labute approximate surface area is 136 Å². The molecule has 0 saturated carbocycles. The number of fused-ring (bicyclic) bond motifs is 1. The van der Waals surface area contributed by atoms with Crippen LogP contribution in [-0.2, 0) is 0 Å². The summed E-state index contributed by atoms with van der Waals surface area (Å²) in [5, 5.41) is 19.0. The van der Waals surface area contributed by atoms with Gasteiger partial charge in [-0.05, 0) is 50.4 Å². The molecule has 2 aliphatic rings. The van der Waals surface area contributed by atoms with Crippen LogP contribution in [0.2, 0.25) is 10.0 Å². The van der Waals surface area contributed by atoms with Crippen molar-refractivity contribution in [3.8, 4) is 0 Å². The molecule has 1 fully saturated rings. The highest BCUT2D eigenvalue weighted by molar-refractivity contribution is 6.36. The maximum Gasteiger partial charge on any atom is 0.0763 e. The zero-order chi connectivity index (χ0) is 15.0. The molecule has 3 rings (SSSR count). The molecule has 2 aliphatic heterocycles. The third-order valence-corrected chi connectivity index (χ3v) is 5.17. The van der Waals surface area contributed by atoms with E-state index in [1.165, 1.54) is 12.8 Å². The molecule has 116 valence electrons. The van der Waals surface area contributed by atoms with Gasteiger partial charge in [0.2, 0.25) is 0 Å². The molecule has 4 unspecified atom stereocenters. The van der Waals surface area contributed by atoms with Crippen LogP contribution in [0.25, 0.3) is 0 Å². The first-order valence-electron chi connectivity index (χ1n) is 7.73. The average Bonchev–Trinajstić information content (AvgIpc) is 2.47. The van der Waals surface area contributed by atoms with Gasteiger partial charge >= 0.3 is 0 Å². The zero-order valence-electron chi connectivity index (χ0n) is 12.2. The predicted molar refractivity (Wildman–Crippen MR) is 88.6 cm³/mol. The standard InChI is InChI=1S/C16H22Cl2N2O/c1-9-6-12(16(21)14-4-2-3-5-19-14)11-7-10(17)8-13(18)15(11)20-9/h7-9,12,14,16,19-21H,2-6H2,1H3. The van der Waals surface area contributed by atoms with Crippen LogP contribution in [0, 0.1) is 0 Å². The Bertz CT molecular complexity index is 517. The van der Waals surface area contributed by atoms with Crippen molar-refractivity contribution in [2.45, 2.75) is 56.7 Å². The van der Waals surface area contributed by atoms with Crippen molar-refractivity contribution in [3.63, 3.8) is 0 Å². The van der Waals surface area contributed by atoms with E-state index in [1.54, 1.807) is 6.07 Å². The van der Waals surface area contributed by atoms with Gasteiger partial charge < -0.3 is 15.7 Å². The fraction of sp³-hybridized carbons (Fsp3) is 0.625. The van der Waals surface area contributed by atoms with Crippen LogP contribution >= 0.6 is 23.2 Å². The molecule has 2 heterocycles. The van der Waals surface area contributed by atoms with Gasteiger partial charge in [-0.25, -0.2) is 0 Å². The third kappa shape index (κ3) is 3.16. The second-order valence-corrected chi connectivity index (χ2v) is 7.13. The number of anilines is 1. The van der Waals surface area contributed by atoms with Gasteiger partial charge in [0.15, 0.2) is 0 Å². The number of benzene rings is 1. The number of hydrogen-bond donors (Lipinski definition) is 3. The largest absolute Gasteiger partial charge is 0.391 e. The lowest BCUT2D eigenvalue weighted by atomic mass is 9.79. The molecule has 0 spiro atoms. The molecule has 1 aromatic rings. The topological polar surface area (TPSA) is 44.3 Å². The van der Waals surface area contributed by atoms with Gasteiger partial charge in [0.25, 0.3) is 0 Å². The summed E-state index contributed by atoms with van der Waals surface area (Å²) in [7, 11) is 0. The number of aliphatic hydroxyl groups excluding tert-OH is 1. The molecule has 0 radical (unpaired) electrons. The van der Waals surface area contributed by atoms with E-state index in [9.17, 15) is 5.11 Å². The van der Waals surface area contributed by atoms with Gasteiger partial charge in [0.1, 0.15) is 0 Å². The van der Waals surface area contributed by atoms with E-state index >= 15 is 0 Å². The lowest BCUT2D eigenvalue weighted by Crippen LogP contribution is -2.47. The Morgan fingerprint density at radius 1 is 1.29 bits per heavy atom. The molecule has 0 aromatic heterocycles. The highest BCUT2D eigenvalue weighted by Crippen LogP contribution is 2.43. The fourth-order valence-electron chi connectivity index (χ4n) is 3.63. The minimum absolute atomic E-state index is 0.0723. The van der Waals surface area contributed by atoms with Gasteiger partial charge in [-0.3, -0.25) is 0 Å². The molecule has 0 bridgehead atoms. The molecule has 5 heteroatoms. The average molecular weight is 329 g/mol. The van der Waals surface area contributed by atoms with Crippen molar-refractivity contribution in [1.82, 2.24) is 5.32 Å². The maximum absolute atomic E-state index is 10.9. The molecule has 0 aliphatic carbocycles. The second kappa shape index (κ2) is 6.33. The van der Waals surface area contributed by atoms with Crippen molar-refractivity contribution in [1.29, 1.82) is 0 Å². The summed E-state index contributed by atoms with van der Waals surface area (Å²) in [6, 6.07) is 4.16. The van der Waals surface area contributed by atoms with Crippen LogP contribution in [0.5, 0.6) is 0 Å². The van der Waals surface area contributed by atoms with Gasteiger partial charge in [-0.1, -0.05) is 29.6 Å². The van der Waals surface area contributed by atoms with E-state index in [-0.39, 0.29) is 12.0 Å². The van der Waals surface area contributed by atoms with E-state index in [2.05, 4.69) is 17.6 Å². The summed E-state index contributed by atoms with van der Waals surface area (Å²) in [4.78, 5) is 0. The summed E-state index contributed by atoms with van der Waals surface area (Å²) >= 11 is 12.5. The lowest BCUT2D eigenvalue weighted by molar-refractivity contribution is 0.0812. The Morgan fingerprint density at radius 2 is 2.10 bits per heavy atom. The smallest absolute Gasteiger partial charge is 0.0763 e. The van der Waals surface area contributed by atoms with E-state index in [0.29, 0.717) is 16.1 Å². The number of halogens is 2. The fourth-order valence-corrected chi connectivity index (χ4v) is 4.19. The van der Waals surface area contributed by atoms with Crippen LogP contribution in [0.4, 0.5) is 5.69 Å². The summed E-state index contributed by atoms with van der Waals surface area (Å²) in [6.07, 6.45) is 3.90. The minimum Gasteiger partial charge on any atom is -0.391 e. The lowest BCUT2D eigenvalue weighted by Gasteiger charge is -2.39. The predicted octanol–water partition coefficient (Wildman–Crippen LogP) is 3.78. The van der Waals surface area contributed by atoms with E-state index in [4.69, 9.17) is 23.2 Å². The Morgan fingerprint density at radius 3 is 2.81 bits per heavy atom. The maximum atomic E-state index is 10.9. The third-order valence-electron chi connectivity index (χ3n) is 4.66. The monoisotopic (exact) mass is 328 g/mol. The molecule has 21 heavy (non-hydrogen) atoms. The number of hydrogen-bond acceptors (Lipinski definition) is 3. The van der Waals surface area contributed by atoms with Gasteiger partial charge in [0.05, 0.1) is 16.8 Å². The first-order chi connectivity index (χ1) is 10.1. The number of rotatable bonds is 2. The van der Waals surface area contributed by atoms with Gasteiger partial charge in [-0.2, -0.15) is 0 Å². The number of piperidine rings is 1. The summed E-state index contributed by atoms with van der Waals surface area (Å²) in [6.45, 7) is 3.12. The molecular formula is C16H22Cl2N2O. The van der Waals surface area contributed by atoms with Crippen molar-refractivity contribution in [3.05, 3.63) is 27.7 Å². The summed E-state index contributed by atoms with van der Waals surface area (Å²) in [5.41, 5.74) is 1.98. The van der Waals surface area contributed by atoms with Crippen molar-refractivity contribution in [2.24, 2.45) is 0 Å². The van der Waals surface area contributed by atoms with Crippen molar-refractivity contribution < 1.29 is 5.11 Å². The van der Waals surface area contributed by atoms with Crippen LogP contribution in [0.3, 0.4) is 0 Å². The van der Waals surface area contributed by atoms with E-state index in [0.717, 1.165) is 30.6 Å². The molecule has 1 saturated heterocycles. The van der Waals surface area contributed by atoms with Crippen molar-refractivity contribution in [2.75, 3.05) is 11.9 Å².